The Morgan fingerprint density at radius 1 is 1.21 bits per heavy atom. The van der Waals surface area contributed by atoms with Crippen molar-refractivity contribution in [3.8, 4) is 0 Å². The predicted octanol–water partition coefficient (Wildman–Crippen LogP) is 1.97. The summed E-state index contributed by atoms with van der Waals surface area (Å²) in [6.45, 7) is 9.57. The molecule has 0 atom stereocenters. The summed E-state index contributed by atoms with van der Waals surface area (Å²) in [4.78, 5) is 31.4. The lowest BCUT2D eigenvalue weighted by atomic mass is 10.1. The summed E-state index contributed by atoms with van der Waals surface area (Å²) in [5.74, 6) is -0.388. The minimum Gasteiger partial charge on any atom is -0.465 e. The number of aromatic nitrogens is 1. The first kappa shape index (κ1) is 20.4. The van der Waals surface area contributed by atoms with Crippen molar-refractivity contribution >= 4 is 29.0 Å². The zero-order chi connectivity index (χ0) is 20.4. The number of anilines is 1. The second-order valence-electron chi connectivity index (χ2n) is 7.38. The van der Waals surface area contributed by atoms with E-state index in [0.29, 0.717) is 29.1 Å². The molecule has 0 aliphatic carbocycles. The van der Waals surface area contributed by atoms with E-state index >= 15 is 0 Å². The number of hydrogen-bond acceptors (Lipinski definition) is 4. The predicted molar refractivity (Wildman–Crippen MR) is 110 cm³/mol. The van der Waals surface area contributed by atoms with E-state index in [2.05, 4.69) is 16.8 Å². The van der Waals surface area contributed by atoms with E-state index in [1.54, 1.807) is 13.8 Å². The van der Waals surface area contributed by atoms with Gasteiger partial charge in [-0.25, -0.2) is 4.79 Å². The van der Waals surface area contributed by atoms with Crippen molar-refractivity contribution < 1.29 is 19.2 Å². The highest BCUT2D eigenvalue weighted by Gasteiger charge is 2.27. The largest absolute Gasteiger partial charge is 0.465 e. The fraction of sp³-hybridized carbons (Fsp3) is 0.429. The fourth-order valence-electron chi connectivity index (χ4n) is 3.92. The van der Waals surface area contributed by atoms with E-state index < -0.39 is 5.97 Å². The quantitative estimate of drug-likeness (QED) is 0.590. The van der Waals surface area contributed by atoms with E-state index in [9.17, 15) is 9.59 Å². The van der Waals surface area contributed by atoms with Crippen molar-refractivity contribution in [2.75, 3.05) is 44.7 Å². The summed E-state index contributed by atoms with van der Waals surface area (Å²) in [7, 11) is 1.35. The average molecular weight is 405 g/mol. The molecule has 0 saturated carbocycles. The van der Waals surface area contributed by atoms with E-state index in [1.165, 1.54) is 17.6 Å². The van der Waals surface area contributed by atoms with Crippen LogP contribution in [0.5, 0.6) is 0 Å². The molecule has 7 heteroatoms. The Morgan fingerprint density at radius 3 is 2.54 bits per heavy atom. The maximum Gasteiger partial charge on any atom is 0.339 e. The molecule has 6 nitrogen and oxygen atoms in total. The van der Waals surface area contributed by atoms with Crippen LogP contribution in [0.15, 0.2) is 18.2 Å². The van der Waals surface area contributed by atoms with Gasteiger partial charge in [-0.15, -0.1) is 0 Å². The molecule has 3 rings (SSSR count). The lowest BCUT2D eigenvalue weighted by Gasteiger charge is -2.34. The minimum atomic E-state index is -0.414. The number of nitrogens with zero attached hydrogens (tertiary/aromatic N) is 1. The average Bonchev–Trinajstić information content (AvgIpc) is 2.98. The standard InChI is InChI=1S/C21H26ClN3O3/c1-13-5-6-16(22)11-17(13)25-9-7-24(8-10-25)12-18(26)20-14(2)19(15(3)23-20)21(27)28-4/h5-6,11,23H,7-10,12H2,1-4H3/p+1. The van der Waals surface area contributed by atoms with E-state index in [4.69, 9.17) is 16.3 Å². The molecular formula is C21H27ClN3O3+. The molecule has 2 N–H and O–H groups in total. The third kappa shape index (κ3) is 4.08. The Hall–Kier alpha value is -2.31. The zero-order valence-electron chi connectivity index (χ0n) is 16.8. The molecule has 150 valence electrons. The van der Waals surface area contributed by atoms with Gasteiger partial charge in [-0.3, -0.25) is 4.79 Å². The minimum absolute atomic E-state index is 0.0261. The number of halogens is 1. The lowest BCUT2D eigenvalue weighted by molar-refractivity contribution is -0.892. The number of hydrogen-bond donors (Lipinski definition) is 2. The molecule has 1 saturated heterocycles. The molecular weight excluding hydrogens is 378 g/mol. The molecule has 0 radical (unpaired) electrons. The van der Waals surface area contributed by atoms with E-state index in [0.717, 1.165) is 36.9 Å². The van der Waals surface area contributed by atoms with Crippen molar-refractivity contribution in [3.63, 3.8) is 0 Å². The summed E-state index contributed by atoms with van der Waals surface area (Å²) >= 11 is 6.15. The lowest BCUT2D eigenvalue weighted by Crippen LogP contribution is -3.15. The number of piperazine rings is 1. The van der Waals surface area contributed by atoms with Crippen LogP contribution in [-0.2, 0) is 4.74 Å². The molecule has 2 aromatic rings. The molecule has 0 bridgehead atoms. The summed E-state index contributed by atoms with van der Waals surface area (Å²) in [5.41, 5.74) is 4.68. The van der Waals surface area contributed by atoms with Crippen molar-refractivity contribution in [2.45, 2.75) is 20.8 Å². The van der Waals surface area contributed by atoms with E-state index in [-0.39, 0.29) is 5.78 Å². The number of carbonyl (C=O) groups is 2. The van der Waals surface area contributed by atoms with Crippen LogP contribution in [-0.4, -0.2) is 56.6 Å². The first-order valence-electron chi connectivity index (χ1n) is 9.47. The maximum absolute atomic E-state index is 12.8. The number of quaternary nitrogens is 1. The molecule has 1 aromatic carbocycles. The summed E-state index contributed by atoms with van der Waals surface area (Å²) in [5, 5.41) is 0.740. The van der Waals surface area contributed by atoms with Crippen LogP contribution in [0.4, 0.5) is 5.69 Å². The second kappa shape index (κ2) is 8.37. The van der Waals surface area contributed by atoms with Crippen molar-refractivity contribution in [3.05, 3.63) is 51.3 Å². The van der Waals surface area contributed by atoms with Gasteiger partial charge in [0, 0.05) is 16.4 Å². The van der Waals surface area contributed by atoms with Gasteiger partial charge >= 0.3 is 5.97 Å². The monoisotopic (exact) mass is 404 g/mol. The number of aryl methyl sites for hydroxylation is 2. The first-order chi connectivity index (χ1) is 13.3. The topological polar surface area (TPSA) is 66.8 Å². The van der Waals surface area contributed by atoms with Gasteiger partial charge in [0.15, 0.2) is 0 Å². The number of ether oxygens (including phenoxy) is 1. The Bertz CT molecular complexity index is 899. The van der Waals surface area contributed by atoms with Crippen LogP contribution >= 0.6 is 11.6 Å². The third-order valence-corrected chi connectivity index (χ3v) is 5.73. The number of benzene rings is 1. The number of esters is 1. The summed E-state index contributed by atoms with van der Waals surface area (Å²) in [6.07, 6.45) is 0. The number of ketones is 1. The number of methoxy groups -OCH3 is 1. The van der Waals surface area contributed by atoms with Crippen molar-refractivity contribution in [2.24, 2.45) is 0 Å². The molecule has 1 aromatic heterocycles. The van der Waals surface area contributed by atoms with Crippen LogP contribution in [0.3, 0.4) is 0 Å². The van der Waals surface area contributed by atoms with Crippen LogP contribution in [0, 0.1) is 20.8 Å². The maximum atomic E-state index is 12.8. The molecule has 0 unspecified atom stereocenters. The molecule has 1 fully saturated rings. The van der Waals surface area contributed by atoms with Crippen LogP contribution in [0.2, 0.25) is 5.02 Å². The van der Waals surface area contributed by atoms with Crippen molar-refractivity contribution in [1.82, 2.24) is 4.98 Å². The first-order valence-corrected chi connectivity index (χ1v) is 9.85. The van der Waals surface area contributed by atoms with Gasteiger partial charge in [-0.1, -0.05) is 17.7 Å². The Morgan fingerprint density at radius 2 is 1.89 bits per heavy atom. The fourth-order valence-corrected chi connectivity index (χ4v) is 4.08. The van der Waals surface area contributed by atoms with Gasteiger partial charge < -0.3 is 19.5 Å². The zero-order valence-corrected chi connectivity index (χ0v) is 17.6. The van der Waals surface area contributed by atoms with Crippen molar-refractivity contribution in [1.29, 1.82) is 0 Å². The number of H-pyrrole nitrogens is 1. The Labute approximate surface area is 170 Å². The number of rotatable bonds is 5. The highest BCUT2D eigenvalue weighted by atomic mass is 35.5. The van der Waals surface area contributed by atoms with Gasteiger partial charge in [0.05, 0.1) is 44.5 Å². The van der Waals surface area contributed by atoms with Gasteiger partial charge in [-0.2, -0.15) is 0 Å². The Balaban J connectivity index is 1.64. The van der Waals surface area contributed by atoms with Gasteiger partial charge in [0.1, 0.15) is 6.54 Å². The number of aromatic amines is 1. The normalized spacial score (nSPS) is 15.0. The Kier molecular flexibility index (Phi) is 6.10. The SMILES string of the molecule is COC(=O)c1c(C)[nH]c(C(=O)C[NH+]2CCN(c3cc(Cl)ccc3C)CC2)c1C. The number of nitrogens with one attached hydrogen (secondary N) is 2. The van der Waals surface area contributed by atoms with Crippen LogP contribution < -0.4 is 9.80 Å². The number of carbonyl (C=O) groups excluding carboxylic acids is 2. The van der Waals surface area contributed by atoms with E-state index in [1.807, 2.05) is 18.2 Å². The highest BCUT2D eigenvalue weighted by Crippen LogP contribution is 2.24. The summed E-state index contributed by atoms with van der Waals surface area (Å²) in [6, 6.07) is 5.95. The number of Topliss-reactive ketones (excluding diaryl/α,β-unsaturated/α-hetero) is 1. The molecule has 1 aliphatic rings. The molecule has 2 heterocycles. The smallest absolute Gasteiger partial charge is 0.339 e. The molecule has 0 spiro atoms. The molecule has 1 aliphatic heterocycles. The molecule has 28 heavy (non-hydrogen) atoms. The van der Waals surface area contributed by atoms with Crippen LogP contribution in [0.1, 0.15) is 37.7 Å². The van der Waals surface area contributed by atoms with Gasteiger partial charge in [-0.05, 0) is 44.0 Å². The second-order valence-corrected chi connectivity index (χ2v) is 7.82. The van der Waals surface area contributed by atoms with Gasteiger partial charge in [0.2, 0.25) is 5.78 Å². The molecule has 0 amide bonds. The van der Waals surface area contributed by atoms with Crippen LogP contribution in [0.25, 0.3) is 0 Å². The summed E-state index contributed by atoms with van der Waals surface area (Å²) < 4.78 is 4.82. The highest BCUT2D eigenvalue weighted by molar-refractivity contribution is 6.30. The van der Waals surface area contributed by atoms with Gasteiger partial charge in [0.25, 0.3) is 0 Å². The third-order valence-electron chi connectivity index (χ3n) is 5.50.